The van der Waals surface area contributed by atoms with Gasteiger partial charge < -0.3 is 9.80 Å². The molecule has 0 unspecified atom stereocenters. The van der Waals surface area contributed by atoms with E-state index in [2.05, 4.69) is 41.5 Å². The Kier molecular flexibility index (Phi) is 5.77. The number of hydrogen-bond acceptors (Lipinski definition) is 2. The van der Waals surface area contributed by atoms with Crippen molar-refractivity contribution >= 4 is 34.1 Å². The lowest BCUT2D eigenvalue weighted by Crippen LogP contribution is -2.13. The lowest BCUT2D eigenvalue weighted by Gasteiger charge is -2.27. The molecule has 2 heteroatoms. The SMILES string of the molecule is [2H]c1c([2H])c([2H])c(N(c2ccc(-c3ccc(N(c4ccc(C(C)(C)C)cc4)c4c([2H])c([2H])c([2H])c([2H])c4[2H])cc3)cc2)c2ccc(C(C)(C)C)cc2)c([2H])c1[2H]. The van der Waals surface area contributed by atoms with Gasteiger partial charge in [0.05, 0.1) is 13.7 Å². The Labute approximate surface area is 289 Å². The van der Waals surface area contributed by atoms with Gasteiger partial charge in [-0.25, -0.2) is 0 Å². The highest BCUT2D eigenvalue weighted by atomic mass is 15.1. The van der Waals surface area contributed by atoms with Crippen molar-refractivity contribution in [3.8, 4) is 11.1 Å². The summed E-state index contributed by atoms with van der Waals surface area (Å²) in [6.07, 6.45) is 0. The molecule has 0 saturated heterocycles. The number of rotatable bonds is 7. The largest absolute Gasteiger partial charge is 0.311 e. The van der Waals surface area contributed by atoms with E-state index in [4.69, 9.17) is 13.7 Å². The van der Waals surface area contributed by atoms with Crippen LogP contribution in [0, 0.1) is 0 Å². The summed E-state index contributed by atoms with van der Waals surface area (Å²) in [6.45, 7) is 12.7. The molecule has 0 aliphatic carbocycles. The predicted octanol–water partition coefficient (Wildman–Crippen LogP) is 12.9. The Morgan fingerprint density at radius 1 is 0.348 bits per heavy atom. The topological polar surface area (TPSA) is 6.48 Å². The molecule has 2 nitrogen and oxygen atoms in total. The Morgan fingerprint density at radius 2 is 0.609 bits per heavy atom. The van der Waals surface area contributed by atoms with Crippen molar-refractivity contribution in [3.63, 3.8) is 0 Å². The molecule has 6 aromatic carbocycles. The van der Waals surface area contributed by atoms with Gasteiger partial charge in [-0.1, -0.05) is 126 Å². The highest BCUT2D eigenvalue weighted by Gasteiger charge is 2.18. The highest BCUT2D eigenvalue weighted by Crippen LogP contribution is 2.39. The molecule has 0 spiro atoms. The average molecular weight is 611 g/mol. The summed E-state index contributed by atoms with van der Waals surface area (Å²) in [4.78, 5) is 3.37. The van der Waals surface area contributed by atoms with Crippen LogP contribution in [0.1, 0.15) is 66.4 Å². The number of anilines is 6. The van der Waals surface area contributed by atoms with Crippen LogP contribution in [0.25, 0.3) is 11.1 Å². The molecule has 0 amide bonds. The molecule has 0 aliphatic heterocycles. The minimum absolute atomic E-state index is 0.0416. The number of nitrogens with zero attached hydrogens (tertiary/aromatic N) is 2. The molecular weight excluding hydrogens is 556 g/mol. The van der Waals surface area contributed by atoms with Gasteiger partial charge in [0, 0.05) is 34.1 Å². The van der Waals surface area contributed by atoms with E-state index >= 15 is 0 Å². The summed E-state index contributed by atoms with van der Waals surface area (Å²) < 4.78 is 85.0. The van der Waals surface area contributed by atoms with Gasteiger partial charge in [-0.2, -0.15) is 0 Å². The van der Waals surface area contributed by atoms with Crippen molar-refractivity contribution in [2.24, 2.45) is 0 Å². The molecule has 6 rings (SSSR count). The first-order valence-electron chi connectivity index (χ1n) is 20.4. The molecule has 6 aromatic rings. The minimum atomic E-state index is -0.461. The number of para-hydroxylation sites is 2. The molecular formula is C44H44N2. The Hall–Kier alpha value is -5.08. The summed E-state index contributed by atoms with van der Waals surface area (Å²) in [7, 11) is 0. The molecule has 0 fully saturated rings. The van der Waals surface area contributed by atoms with E-state index in [0.717, 1.165) is 22.3 Å². The van der Waals surface area contributed by atoms with Crippen LogP contribution in [-0.2, 0) is 10.8 Å². The molecule has 230 valence electrons. The van der Waals surface area contributed by atoms with Crippen LogP contribution in [0.4, 0.5) is 34.1 Å². The highest BCUT2D eigenvalue weighted by molar-refractivity contribution is 5.80. The van der Waals surface area contributed by atoms with Gasteiger partial charge in [0.1, 0.15) is 0 Å². The molecule has 46 heavy (non-hydrogen) atoms. The smallest absolute Gasteiger partial charge is 0.0645 e. The fraction of sp³-hybridized carbons (Fsp3) is 0.182. The molecule has 0 saturated carbocycles. The molecule has 0 aliphatic rings. The molecule has 0 N–H and O–H groups in total. The van der Waals surface area contributed by atoms with E-state index in [0.29, 0.717) is 22.7 Å². The Balaban J connectivity index is 1.43. The molecule has 0 atom stereocenters. The number of benzene rings is 6. The van der Waals surface area contributed by atoms with Crippen LogP contribution in [-0.4, -0.2) is 0 Å². The van der Waals surface area contributed by atoms with E-state index in [1.54, 1.807) is 9.80 Å². The molecule has 0 bridgehead atoms. The van der Waals surface area contributed by atoms with Crippen LogP contribution >= 0.6 is 0 Å². The first kappa shape index (κ1) is 20.9. The average Bonchev–Trinajstić information content (AvgIpc) is 3.18. The number of hydrogen-bond donors (Lipinski definition) is 0. The summed E-state index contributed by atoms with van der Waals surface area (Å²) in [5, 5.41) is 0. The van der Waals surface area contributed by atoms with Gasteiger partial charge in [0.25, 0.3) is 0 Å². The monoisotopic (exact) mass is 610 g/mol. The van der Waals surface area contributed by atoms with Crippen molar-refractivity contribution in [2.75, 3.05) is 9.80 Å². The fourth-order valence-electron chi connectivity index (χ4n) is 5.35. The predicted molar refractivity (Wildman–Crippen MR) is 199 cm³/mol. The summed E-state index contributed by atoms with van der Waals surface area (Å²) in [6, 6.07) is 26.6. The first-order valence-corrected chi connectivity index (χ1v) is 15.4. The maximum Gasteiger partial charge on any atom is 0.0645 e. The van der Waals surface area contributed by atoms with Crippen molar-refractivity contribution in [3.05, 3.63) is 169 Å². The van der Waals surface area contributed by atoms with Gasteiger partial charge in [-0.15, -0.1) is 0 Å². The second kappa shape index (κ2) is 12.7. The van der Waals surface area contributed by atoms with Crippen LogP contribution in [0.3, 0.4) is 0 Å². The van der Waals surface area contributed by atoms with Crippen LogP contribution in [0.2, 0.25) is 0 Å². The maximum absolute atomic E-state index is 8.79. The third-order valence-corrected chi connectivity index (χ3v) is 7.99. The van der Waals surface area contributed by atoms with E-state index in [1.807, 2.05) is 97.1 Å². The lowest BCUT2D eigenvalue weighted by molar-refractivity contribution is 0.590. The zero-order valence-corrected chi connectivity index (χ0v) is 27.1. The van der Waals surface area contributed by atoms with Gasteiger partial charge >= 0.3 is 0 Å². The third-order valence-electron chi connectivity index (χ3n) is 7.99. The van der Waals surface area contributed by atoms with Crippen molar-refractivity contribution in [1.29, 1.82) is 0 Å². The van der Waals surface area contributed by atoms with E-state index in [-0.39, 0.29) is 46.4 Å². The van der Waals surface area contributed by atoms with Crippen LogP contribution in [0.5, 0.6) is 0 Å². The second-order valence-electron chi connectivity index (χ2n) is 13.3. The second-order valence-corrected chi connectivity index (χ2v) is 13.3. The van der Waals surface area contributed by atoms with Gasteiger partial charge in [-0.3, -0.25) is 0 Å². The minimum Gasteiger partial charge on any atom is -0.311 e. The van der Waals surface area contributed by atoms with Crippen LogP contribution < -0.4 is 9.80 Å². The summed E-state index contributed by atoms with van der Waals surface area (Å²) in [5.41, 5.74) is 6.19. The third kappa shape index (κ3) is 6.77. The van der Waals surface area contributed by atoms with Gasteiger partial charge in [-0.05, 0) is 106 Å². The zero-order valence-electron chi connectivity index (χ0n) is 37.1. The fourth-order valence-corrected chi connectivity index (χ4v) is 5.35. The maximum atomic E-state index is 8.79. The van der Waals surface area contributed by atoms with E-state index in [1.165, 1.54) is 0 Å². The summed E-state index contributed by atoms with van der Waals surface area (Å²) >= 11 is 0. The normalized spacial score (nSPS) is 14.7. The molecule has 0 heterocycles. The first-order chi connectivity index (χ1) is 26.2. The van der Waals surface area contributed by atoms with Crippen molar-refractivity contribution in [2.45, 2.75) is 52.4 Å². The standard InChI is InChI=1S/C44H44N2/c1-43(2,3)35-21-29-41(30-22-35)45(37-13-9-7-10-14-37)39-25-17-33(18-26-39)34-19-27-40(28-20-34)46(38-15-11-8-12-16-38)42-31-23-36(24-32-42)44(4,5)6/h7-32H,1-6H3/i7D,8D,9D,10D,11D,12D,13D,14D,15D,16D. The lowest BCUT2D eigenvalue weighted by atomic mass is 9.87. The Morgan fingerprint density at radius 3 is 0.870 bits per heavy atom. The van der Waals surface area contributed by atoms with Crippen molar-refractivity contribution < 1.29 is 13.7 Å². The zero-order chi connectivity index (χ0) is 41.0. The summed E-state index contributed by atoms with van der Waals surface area (Å²) in [5.74, 6) is 0. The Bertz CT molecular complexity index is 2180. The van der Waals surface area contributed by atoms with Crippen molar-refractivity contribution in [1.82, 2.24) is 0 Å². The van der Waals surface area contributed by atoms with Gasteiger partial charge in [0.2, 0.25) is 0 Å². The van der Waals surface area contributed by atoms with E-state index < -0.39 is 36.3 Å². The molecule has 0 aromatic heterocycles. The van der Waals surface area contributed by atoms with E-state index in [9.17, 15) is 0 Å². The van der Waals surface area contributed by atoms with Gasteiger partial charge in [0.15, 0.2) is 0 Å². The molecule has 0 radical (unpaired) electrons. The quantitative estimate of drug-likeness (QED) is 0.177. The van der Waals surface area contributed by atoms with Crippen LogP contribution in [0.15, 0.2) is 157 Å².